The first kappa shape index (κ1) is 13.9. The average molecular weight is 296 g/mol. The minimum absolute atomic E-state index is 0.220. The Morgan fingerprint density at radius 3 is 2.32 bits per heavy atom. The molecule has 6 heteroatoms. The summed E-state index contributed by atoms with van der Waals surface area (Å²) in [4.78, 5) is 0. The lowest BCUT2D eigenvalue weighted by Crippen LogP contribution is -2.11. The molecule has 1 aromatic carbocycles. The molecule has 1 aromatic heterocycles. The number of rotatable bonds is 4. The first-order valence-electron chi connectivity index (χ1n) is 5.85. The van der Waals surface area contributed by atoms with E-state index in [-0.39, 0.29) is 4.21 Å². The third-order valence-electron chi connectivity index (χ3n) is 2.69. The van der Waals surface area contributed by atoms with E-state index in [1.165, 1.54) is 11.6 Å². The van der Waals surface area contributed by atoms with Crippen molar-refractivity contribution in [2.45, 2.75) is 24.0 Å². The highest BCUT2D eigenvalue weighted by atomic mass is 32.2. The summed E-state index contributed by atoms with van der Waals surface area (Å²) in [5, 5.41) is 1.61. The molecule has 1 heterocycles. The molecule has 102 valence electrons. The molecule has 0 atom stereocenters. The fraction of sp³-hybridized carbons (Fsp3) is 0.231. The van der Waals surface area contributed by atoms with Gasteiger partial charge in [0.15, 0.2) is 0 Å². The van der Waals surface area contributed by atoms with E-state index < -0.39 is 10.0 Å². The summed E-state index contributed by atoms with van der Waals surface area (Å²) in [6, 6.07) is 8.83. The Labute approximate surface area is 117 Å². The zero-order chi connectivity index (χ0) is 14.0. The van der Waals surface area contributed by atoms with Crippen molar-refractivity contribution >= 4 is 32.7 Å². The SMILES string of the molecule is CC(C)c1ccc(NS(=O)(=O)c2cc(N)cs2)cc1. The normalized spacial score (nSPS) is 11.7. The van der Waals surface area contributed by atoms with Crippen molar-refractivity contribution in [1.29, 1.82) is 0 Å². The Hall–Kier alpha value is -1.53. The van der Waals surface area contributed by atoms with Crippen LogP contribution in [-0.4, -0.2) is 8.42 Å². The van der Waals surface area contributed by atoms with Gasteiger partial charge >= 0.3 is 0 Å². The van der Waals surface area contributed by atoms with Gasteiger partial charge in [-0.2, -0.15) is 0 Å². The van der Waals surface area contributed by atoms with E-state index in [0.717, 1.165) is 11.3 Å². The van der Waals surface area contributed by atoms with Crippen LogP contribution in [0.4, 0.5) is 11.4 Å². The van der Waals surface area contributed by atoms with E-state index in [0.29, 0.717) is 17.3 Å². The molecular formula is C13H16N2O2S2. The summed E-state index contributed by atoms with van der Waals surface area (Å²) in [5.74, 6) is 0.419. The maximum absolute atomic E-state index is 12.1. The molecule has 0 amide bonds. The van der Waals surface area contributed by atoms with Crippen LogP contribution in [0.15, 0.2) is 39.9 Å². The van der Waals surface area contributed by atoms with Gasteiger partial charge in [-0.15, -0.1) is 11.3 Å². The quantitative estimate of drug-likeness (QED) is 0.909. The zero-order valence-corrected chi connectivity index (χ0v) is 12.4. The average Bonchev–Trinajstić information content (AvgIpc) is 2.77. The maximum Gasteiger partial charge on any atom is 0.271 e. The van der Waals surface area contributed by atoms with Crippen molar-refractivity contribution in [3.05, 3.63) is 41.3 Å². The van der Waals surface area contributed by atoms with E-state index >= 15 is 0 Å². The number of sulfonamides is 1. The highest BCUT2D eigenvalue weighted by Crippen LogP contribution is 2.25. The number of hydrogen-bond donors (Lipinski definition) is 2. The van der Waals surface area contributed by atoms with Gasteiger partial charge in [0, 0.05) is 16.8 Å². The van der Waals surface area contributed by atoms with Crippen LogP contribution in [0.25, 0.3) is 0 Å². The number of nitrogen functional groups attached to an aromatic ring is 1. The number of hydrogen-bond acceptors (Lipinski definition) is 4. The number of nitrogens with two attached hydrogens (primary N) is 1. The van der Waals surface area contributed by atoms with Gasteiger partial charge in [-0.1, -0.05) is 26.0 Å². The molecule has 0 aliphatic rings. The molecule has 4 nitrogen and oxygen atoms in total. The molecule has 0 bridgehead atoms. The lowest BCUT2D eigenvalue weighted by molar-refractivity contribution is 0.603. The second-order valence-corrected chi connectivity index (χ2v) is 7.40. The molecule has 2 rings (SSSR count). The third kappa shape index (κ3) is 3.27. The van der Waals surface area contributed by atoms with E-state index in [1.807, 2.05) is 12.1 Å². The highest BCUT2D eigenvalue weighted by Gasteiger charge is 2.16. The van der Waals surface area contributed by atoms with Gasteiger partial charge in [0.1, 0.15) is 4.21 Å². The van der Waals surface area contributed by atoms with Gasteiger partial charge in [0.05, 0.1) is 0 Å². The van der Waals surface area contributed by atoms with Crippen molar-refractivity contribution < 1.29 is 8.42 Å². The van der Waals surface area contributed by atoms with Crippen LogP contribution in [0, 0.1) is 0 Å². The van der Waals surface area contributed by atoms with Gasteiger partial charge in [-0.25, -0.2) is 8.42 Å². The summed E-state index contributed by atoms with van der Waals surface area (Å²) in [7, 11) is -3.54. The molecule has 0 unspecified atom stereocenters. The summed E-state index contributed by atoms with van der Waals surface area (Å²) in [6.45, 7) is 4.18. The first-order valence-corrected chi connectivity index (χ1v) is 8.21. The van der Waals surface area contributed by atoms with E-state index in [9.17, 15) is 8.42 Å². The lowest BCUT2D eigenvalue weighted by atomic mass is 10.0. The van der Waals surface area contributed by atoms with Crippen LogP contribution in [-0.2, 0) is 10.0 Å². The third-order valence-corrected chi connectivity index (χ3v) is 5.53. The fourth-order valence-corrected chi connectivity index (χ4v) is 3.75. The summed E-state index contributed by atoms with van der Waals surface area (Å²) >= 11 is 1.11. The lowest BCUT2D eigenvalue weighted by Gasteiger charge is -2.09. The van der Waals surface area contributed by atoms with Gasteiger partial charge in [0.2, 0.25) is 0 Å². The van der Waals surface area contributed by atoms with Crippen molar-refractivity contribution in [1.82, 2.24) is 0 Å². The zero-order valence-electron chi connectivity index (χ0n) is 10.8. The molecule has 0 saturated heterocycles. The van der Waals surface area contributed by atoms with Gasteiger partial charge in [-0.05, 0) is 29.7 Å². The van der Waals surface area contributed by atoms with Gasteiger partial charge in [-0.3, -0.25) is 4.72 Å². The number of anilines is 2. The summed E-state index contributed by atoms with van der Waals surface area (Å²) in [5.41, 5.74) is 7.72. The largest absolute Gasteiger partial charge is 0.398 e. The Kier molecular flexibility index (Phi) is 3.82. The fourth-order valence-electron chi connectivity index (χ4n) is 1.61. The van der Waals surface area contributed by atoms with Crippen molar-refractivity contribution in [2.75, 3.05) is 10.5 Å². The van der Waals surface area contributed by atoms with Crippen LogP contribution < -0.4 is 10.5 Å². The van der Waals surface area contributed by atoms with E-state index in [4.69, 9.17) is 5.73 Å². The topological polar surface area (TPSA) is 72.2 Å². The Morgan fingerprint density at radius 2 is 1.84 bits per heavy atom. The van der Waals surface area contributed by atoms with E-state index in [2.05, 4.69) is 18.6 Å². The second-order valence-electron chi connectivity index (χ2n) is 4.58. The van der Waals surface area contributed by atoms with Crippen LogP contribution in [0.5, 0.6) is 0 Å². The van der Waals surface area contributed by atoms with Crippen molar-refractivity contribution in [2.24, 2.45) is 0 Å². The molecule has 0 saturated carbocycles. The Bertz CT molecular complexity index is 658. The smallest absolute Gasteiger partial charge is 0.271 e. The van der Waals surface area contributed by atoms with Gasteiger partial charge < -0.3 is 5.73 Å². The van der Waals surface area contributed by atoms with Crippen LogP contribution in [0.3, 0.4) is 0 Å². The number of thiophene rings is 1. The monoisotopic (exact) mass is 296 g/mol. The summed E-state index contributed by atoms with van der Waals surface area (Å²) < 4.78 is 26.9. The predicted octanol–water partition coefficient (Wildman–Crippen LogP) is 3.25. The van der Waals surface area contributed by atoms with E-state index in [1.54, 1.807) is 17.5 Å². The molecule has 0 spiro atoms. The van der Waals surface area contributed by atoms with Crippen LogP contribution in [0.2, 0.25) is 0 Å². The molecule has 0 radical (unpaired) electrons. The number of nitrogens with one attached hydrogen (secondary N) is 1. The minimum atomic E-state index is -3.54. The van der Waals surface area contributed by atoms with Gasteiger partial charge in [0.25, 0.3) is 10.0 Å². The molecule has 0 aliphatic heterocycles. The second kappa shape index (κ2) is 5.22. The minimum Gasteiger partial charge on any atom is -0.398 e. The molecule has 2 aromatic rings. The van der Waals surface area contributed by atoms with Crippen molar-refractivity contribution in [3.8, 4) is 0 Å². The van der Waals surface area contributed by atoms with Crippen LogP contribution in [0.1, 0.15) is 25.3 Å². The molecular weight excluding hydrogens is 280 g/mol. The standard InChI is InChI=1S/C13H16N2O2S2/c1-9(2)10-3-5-12(6-4-10)15-19(16,17)13-7-11(14)8-18-13/h3-9,15H,14H2,1-2H3. The number of benzene rings is 1. The Morgan fingerprint density at radius 1 is 1.21 bits per heavy atom. The molecule has 0 aliphatic carbocycles. The molecule has 3 N–H and O–H groups in total. The maximum atomic E-state index is 12.1. The Balaban J connectivity index is 2.21. The highest BCUT2D eigenvalue weighted by molar-refractivity contribution is 7.94. The predicted molar refractivity (Wildman–Crippen MR) is 80.1 cm³/mol. The summed E-state index contributed by atoms with van der Waals surface area (Å²) in [6.07, 6.45) is 0. The van der Waals surface area contributed by atoms with Crippen molar-refractivity contribution in [3.63, 3.8) is 0 Å². The van der Waals surface area contributed by atoms with Crippen LogP contribution >= 0.6 is 11.3 Å². The first-order chi connectivity index (χ1) is 8.88. The molecule has 0 fully saturated rings. The molecule has 19 heavy (non-hydrogen) atoms.